The number of amides is 1. The average molecular weight is 389 g/mol. The van der Waals surface area contributed by atoms with Crippen molar-refractivity contribution in [3.63, 3.8) is 0 Å². The second-order valence-electron chi connectivity index (χ2n) is 8.69. The van der Waals surface area contributed by atoms with Gasteiger partial charge in [0.05, 0.1) is 11.5 Å². The van der Waals surface area contributed by atoms with Crippen LogP contribution in [-0.4, -0.2) is 50.2 Å². The molecule has 1 aromatic carbocycles. The van der Waals surface area contributed by atoms with E-state index in [1.54, 1.807) is 18.4 Å². The third-order valence-corrected chi connectivity index (χ3v) is 6.32. The highest BCUT2D eigenvalue weighted by atomic mass is 32.1. The van der Waals surface area contributed by atoms with Crippen molar-refractivity contribution < 1.29 is 9.53 Å². The van der Waals surface area contributed by atoms with Crippen molar-refractivity contribution in [3.05, 3.63) is 34.7 Å². The van der Waals surface area contributed by atoms with Crippen LogP contribution in [0.3, 0.4) is 0 Å². The van der Waals surface area contributed by atoms with Crippen LogP contribution in [0.25, 0.3) is 10.1 Å². The lowest BCUT2D eigenvalue weighted by Crippen LogP contribution is -2.38. The van der Waals surface area contributed by atoms with Gasteiger partial charge in [0.25, 0.3) is 5.91 Å². The van der Waals surface area contributed by atoms with Crippen LogP contribution < -0.4 is 5.32 Å². The van der Waals surface area contributed by atoms with Crippen molar-refractivity contribution in [2.75, 3.05) is 33.4 Å². The molecule has 5 heteroatoms. The molecule has 4 nitrogen and oxygen atoms in total. The first kappa shape index (κ1) is 20.3. The summed E-state index contributed by atoms with van der Waals surface area (Å²) in [5.41, 5.74) is 1.51. The highest BCUT2D eigenvalue weighted by Gasteiger charge is 2.30. The summed E-state index contributed by atoms with van der Waals surface area (Å²) in [4.78, 5) is 16.3. The van der Waals surface area contributed by atoms with Gasteiger partial charge >= 0.3 is 0 Å². The third kappa shape index (κ3) is 5.09. The Bertz CT molecular complexity index is 778. The zero-order chi connectivity index (χ0) is 19.4. The minimum atomic E-state index is 0.0311. The minimum Gasteiger partial charge on any atom is -0.383 e. The Morgan fingerprint density at radius 1 is 1.33 bits per heavy atom. The van der Waals surface area contributed by atoms with Crippen LogP contribution in [0.15, 0.2) is 24.3 Å². The molecule has 1 saturated heterocycles. The number of hydrogen-bond donors (Lipinski definition) is 1. The Hall–Kier alpha value is -1.43. The molecule has 1 amide bonds. The topological polar surface area (TPSA) is 41.6 Å². The predicted molar refractivity (Wildman–Crippen MR) is 114 cm³/mol. The highest BCUT2D eigenvalue weighted by Crippen LogP contribution is 2.35. The van der Waals surface area contributed by atoms with Gasteiger partial charge in [-0.25, -0.2) is 0 Å². The molecule has 0 saturated carbocycles. The summed E-state index contributed by atoms with van der Waals surface area (Å²) in [6, 6.07) is 8.93. The van der Waals surface area contributed by atoms with Crippen molar-refractivity contribution >= 4 is 27.3 Å². The molecule has 1 atom stereocenters. The second kappa shape index (κ2) is 8.72. The van der Waals surface area contributed by atoms with Crippen LogP contribution >= 0.6 is 11.3 Å². The summed E-state index contributed by atoms with van der Waals surface area (Å²) in [5.74, 6) is 0.0311. The molecule has 0 unspecified atom stereocenters. The molecule has 1 fully saturated rings. The van der Waals surface area contributed by atoms with E-state index in [1.807, 2.05) is 0 Å². The number of rotatable bonds is 7. The normalized spacial score (nSPS) is 18.3. The molecule has 0 radical (unpaired) electrons. The predicted octanol–water partition coefficient (Wildman–Crippen LogP) is 4.33. The van der Waals surface area contributed by atoms with Crippen LogP contribution in [0.4, 0.5) is 0 Å². The van der Waals surface area contributed by atoms with Crippen LogP contribution in [0.2, 0.25) is 0 Å². The van der Waals surface area contributed by atoms with Crippen molar-refractivity contribution in [1.29, 1.82) is 0 Å². The van der Waals surface area contributed by atoms with Gasteiger partial charge in [-0.1, -0.05) is 39.0 Å². The summed E-state index contributed by atoms with van der Waals surface area (Å²) in [7, 11) is 1.65. The SMILES string of the molecule is COCCNC(=O)c1sc2ccccc2c1C[C@H]1CCCN1CC(C)(C)C. The first-order valence-corrected chi connectivity index (χ1v) is 10.7. The molecule has 0 bridgehead atoms. The van der Waals surface area contributed by atoms with E-state index < -0.39 is 0 Å². The summed E-state index contributed by atoms with van der Waals surface area (Å²) in [6.45, 7) is 10.3. The van der Waals surface area contributed by atoms with Crippen molar-refractivity contribution in [3.8, 4) is 0 Å². The maximum absolute atomic E-state index is 12.8. The van der Waals surface area contributed by atoms with Crippen LogP contribution in [-0.2, 0) is 11.2 Å². The summed E-state index contributed by atoms with van der Waals surface area (Å²) in [6.07, 6.45) is 3.41. The quantitative estimate of drug-likeness (QED) is 0.718. The Kier molecular flexibility index (Phi) is 6.56. The van der Waals surface area contributed by atoms with Crippen LogP contribution in [0.5, 0.6) is 0 Å². The Morgan fingerprint density at radius 3 is 2.85 bits per heavy atom. The van der Waals surface area contributed by atoms with E-state index >= 15 is 0 Å². The lowest BCUT2D eigenvalue weighted by molar-refractivity contribution is 0.0939. The van der Waals surface area contributed by atoms with E-state index in [9.17, 15) is 4.79 Å². The van der Waals surface area contributed by atoms with Crippen molar-refractivity contribution in [2.24, 2.45) is 5.41 Å². The molecule has 3 rings (SSSR count). The standard InChI is InChI=1S/C22H32N2O2S/c1-22(2,3)15-24-12-7-8-16(24)14-18-17-9-5-6-10-19(17)27-20(18)21(25)23-11-13-26-4/h5-6,9-10,16H,7-8,11-15H2,1-4H3,(H,23,25)/t16-/m1/s1. The number of methoxy groups -OCH3 is 1. The fraction of sp³-hybridized carbons (Fsp3) is 0.591. The van der Waals surface area contributed by atoms with Gasteiger partial charge < -0.3 is 10.1 Å². The number of carbonyl (C=O) groups excluding carboxylic acids is 1. The number of nitrogens with one attached hydrogen (secondary N) is 1. The molecule has 0 aliphatic carbocycles. The molecule has 1 aliphatic rings. The first-order chi connectivity index (χ1) is 12.9. The number of benzene rings is 1. The minimum absolute atomic E-state index is 0.0311. The lowest BCUT2D eigenvalue weighted by Gasteiger charge is -2.31. The van der Waals surface area contributed by atoms with Gasteiger partial charge in [-0.05, 0) is 48.2 Å². The number of nitrogens with zero attached hydrogens (tertiary/aromatic N) is 1. The number of hydrogen-bond acceptors (Lipinski definition) is 4. The van der Waals surface area contributed by atoms with E-state index in [4.69, 9.17) is 4.74 Å². The number of likely N-dealkylation sites (tertiary alicyclic amines) is 1. The van der Waals surface area contributed by atoms with E-state index in [0.717, 1.165) is 17.8 Å². The number of fused-ring (bicyclic) bond motifs is 1. The van der Waals surface area contributed by atoms with Crippen molar-refractivity contribution in [1.82, 2.24) is 10.2 Å². The smallest absolute Gasteiger partial charge is 0.261 e. The zero-order valence-corrected chi connectivity index (χ0v) is 17.8. The lowest BCUT2D eigenvalue weighted by atomic mass is 9.94. The first-order valence-electron chi connectivity index (χ1n) is 9.90. The van der Waals surface area contributed by atoms with E-state index in [1.165, 1.54) is 35.0 Å². The van der Waals surface area contributed by atoms with Gasteiger partial charge in [-0.3, -0.25) is 9.69 Å². The molecule has 1 N–H and O–H groups in total. The molecule has 0 spiro atoms. The fourth-order valence-electron chi connectivity index (χ4n) is 4.01. The maximum Gasteiger partial charge on any atom is 0.261 e. The largest absolute Gasteiger partial charge is 0.383 e. The Balaban J connectivity index is 1.86. The van der Waals surface area contributed by atoms with E-state index in [-0.39, 0.29) is 5.91 Å². The van der Waals surface area contributed by atoms with Gasteiger partial charge in [-0.15, -0.1) is 11.3 Å². The summed E-state index contributed by atoms with van der Waals surface area (Å²) >= 11 is 1.62. The molecule has 1 aliphatic heterocycles. The van der Waals surface area contributed by atoms with Crippen LogP contribution in [0, 0.1) is 5.41 Å². The van der Waals surface area contributed by atoms with Gasteiger partial charge in [-0.2, -0.15) is 0 Å². The second-order valence-corrected chi connectivity index (χ2v) is 9.74. The maximum atomic E-state index is 12.8. The van der Waals surface area contributed by atoms with E-state index in [0.29, 0.717) is 24.6 Å². The number of ether oxygens (including phenoxy) is 1. The molecule has 27 heavy (non-hydrogen) atoms. The van der Waals surface area contributed by atoms with E-state index in [2.05, 4.69) is 55.3 Å². The summed E-state index contributed by atoms with van der Waals surface area (Å²) < 4.78 is 6.27. The monoisotopic (exact) mass is 388 g/mol. The van der Waals surface area contributed by atoms with Gasteiger partial charge in [0.15, 0.2) is 0 Å². The number of carbonyl (C=O) groups is 1. The summed E-state index contributed by atoms with van der Waals surface area (Å²) in [5, 5.41) is 4.25. The third-order valence-electron chi connectivity index (χ3n) is 5.11. The number of thiophene rings is 1. The molecule has 2 aromatic rings. The molecule has 148 valence electrons. The Labute approximate surface area is 166 Å². The molecular weight excluding hydrogens is 356 g/mol. The van der Waals surface area contributed by atoms with Gasteiger partial charge in [0.1, 0.15) is 0 Å². The molecule has 1 aromatic heterocycles. The molecule has 2 heterocycles. The Morgan fingerprint density at radius 2 is 2.11 bits per heavy atom. The van der Waals surface area contributed by atoms with Gasteiger partial charge in [0.2, 0.25) is 0 Å². The highest BCUT2D eigenvalue weighted by molar-refractivity contribution is 7.21. The zero-order valence-electron chi connectivity index (χ0n) is 17.0. The van der Waals surface area contributed by atoms with Gasteiger partial charge in [0, 0.05) is 30.9 Å². The van der Waals surface area contributed by atoms with Crippen LogP contribution in [0.1, 0.15) is 48.8 Å². The fourth-order valence-corrected chi connectivity index (χ4v) is 5.16. The average Bonchev–Trinajstić information content (AvgIpc) is 3.19. The van der Waals surface area contributed by atoms with Crippen molar-refractivity contribution in [2.45, 2.75) is 46.1 Å². The molecular formula is C22H32N2O2S.